The molecule has 0 radical (unpaired) electrons. The molecule has 0 N–H and O–H groups in total. The Morgan fingerprint density at radius 3 is 2.41 bits per heavy atom. The maximum atomic E-state index is 13.6. The first-order valence-electron chi connectivity index (χ1n) is 4.78. The fourth-order valence-corrected chi connectivity index (χ4v) is 1.59. The minimum atomic E-state index is -0.746. The largest absolute Gasteiger partial charge is 0.280 e. The van der Waals surface area contributed by atoms with Crippen LogP contribution in [0, 0.1) is 21.7 Å². The van der Waals surface area contributed by atoms with Gasteiger partial charge in [0.1, 0.15) is 11.6 Å². The van der Waals surface area contributed by atoms with Gasteiger partial charge >= 0.3 is 0 Å². The van der Waals surface area contributed by atoms with E-state index < -0.39 is 16.6 Å². The summed E-state index contributed by atoms with van der Waals surface area (Å²) in [5, 5.41) is 10.8. The van der Waals surface area contributed by atoms with E-state index in [1.165, 1.54) is 30.3 Å². The van der Waals surface area contributed by atoms with Crippen LogP contribution in [0.2, 0.25) is 0 Å². The minimum absolute atomic E-state index is 0.148. The van der Waals surface area contributed by atoms with Gasteiger partial charge in [0, 0.05) is 6.07 Å². The molecule has 0 saturated carbocycles. The molecular weight excluding hydrogens is 228 g/mol. The minimum Gasteiger partial charge on any atom is -0.258 e. The van der Waals surface area contributed by atoms with Gasteiger partial charge in [-0.05, 0) is 23.8 Å². The molecular formula is C12H7F2NO2. The zero-order valence-corrected chi connectivity index (χ0v) is 8.56. The van der Waals surface area contributed by atoms with Crippen molar-refractivity contribution in [1.29, 1.82) is 0 Å². The highest BCUT2D eigenvalue weighted by molar-refractivity contribution is 5.74. The number of rotatable bonds is 2. The van der Waals surface area contributed by atoms with Crippen LogP contribution in [0.5, 0.6) is 0 Å². The van der Waals surface area contributed by atoms with Gasteiger partial charge in [-0.2, -0.15) is 0 Å². The third kappa shape index (κ3) is 2.13. The summed E-state index contributed by atoms with van der Waals surface area (Å²) in [5.41, 5.74) is -0.428. The van der Waals surface area contributed by atoms with Crippen LogP contribution < -0.4 is 0 Å². The van der Waals surface area contributed by atoms with Crippen LogP contribution in [0.15, 0.2) is 42.5 Å². The van der Waals surface area contributed by atoms with Crippen molar-refractivity contribution in [2.24, 2.45) is 0 Å². The average molecular weight is 235 g/mol. The summed E-state index contributed by atoms with van der Waals surface area (Å²) in [6.07, 6.45) is 0. The van der Waals surface area contributed by atoms with Gasteiger partial charge in [0.15, 0.2) is 0 Å². The summed E-state index contributed by atoms with van der Waals surface area (Å²) < 4.78 is 26.6. The Labute approximate surface area is 95.5 Å². The van der Waals surface area contributed by atoms with E-state index in [0.29, 0.717) is 0 Å². The van der Waals surface area contributed by atoms with Crippen molar-refractivity contribution in [1.82, 2.24) is 0 Å². The first-order chi connectivity index (χ1) is 8.09. The zero-order chi connectivity index (χ0) is 12.4. The Hall–Kier alpha value is -2.30. The quantitative estimate of drug-likeness (QED) is 0.590. The average Bonchev–Trinajstić information content (AvgIpc) is 2.28. The third-order valence-corrected chi connectivity index (χ3v) is 2.30. The molecule has 0 bridgehead atoms. The summed E-state index contributed by atoms with van der Waals surface area (Å²) in [6, 6.07) is 8.59. The second-order valence-electron chi connectivity index (χ2n) is 3.40. The molecule has 5 heteroatoms. The lowest BCUT2D eigenvalue weighted by molar-refractivity contribution is -0.384. The summed E-state index contributed by atoms with van der Waals surface area (Å²) in [4.78, 5) is 10.1. The zero-order valence-electron chi connectivity index (χ0n) is 8.56. The molecule has 0 aliphatic carbocycles. The summed E-state index contributed by atoms with van der Waals surface area (Å²) >= 11 is 0. The van der Waals surface area contributed by atoms with Crippen molar-refractivity contribution in [2.75, 3.05) is 0 Å². The Bertz CT molecular complexity index is 584. The van der Waals surface area contributed by atoms with Gasteiger partial charge < -0.3 is 0 Å². The molecule has 0 aliphatic heterocycles. The van der Waals surface area contributed by atoms with Gasteiger partial charge in [-0.1, -0.05) is 18.2 Å². The number of halogens is 2. The lowest BCUT2D eigenvalue weighted by Gasteiger charge is -2.04. The van der Waals surface area contributed by atoms with Crippen LogP contribution in [-0.2, 0) is 0 Å². The second-order valence-corrected chi connectivity index (χ2v) is 3.40. The van der Waals surface area contributed by atoms with E-state index in [9.17, 15) is 18.9 Å². The molecule has 0 aromatic heterocycles. The monoisotopic (exact) mass is 235 g/mol. The molecule has 86 valence electrons. The standard InChI is InChI=1S/C12H7F2NO2/c13-9-4-1-3-8(7-9)12-10(14)5-2-6-11(12)15(16)17/h1-7H. The van der Waals surface area contributed by atoms with Gasteiger partial charge in [0.2, 0.25) is 0 Å². The number of nitro groups is 1. The van der Waals surface area contributed by atoms with E-state index in [0.717, 1.165) is 12.1 Å². The van der Waals surface area contributed by atoms with E-state index in [2.05, 4.69) is 0 Å². The molecule has 2 rings (SSSR count). The van der Waals surface area contributed by atoms with Crippen LogP contribution in [0.3, 0.4) is 0 Å². The fourth-order valence-electron chi connectivity index (χ4n) is 1.59. The van der Waals surface area contributed by atoms with Crippen molar-refractivity contribution >= 4 is 5.69 Å². The van der Waals surface area contributed by atoms with Gasteiger partial charge in [0.25, 0.3) is 5.69 Å². The number of hydrogen-bond acceptors (Lipinski definition) is 2. The summed E-state index contributed by atoms with van der Waals surface area (Å²) in [5.74, 6) is -1.31. The molecule has 0 aliphatic rings. The van der Waals surface area contributed by atoms with Gasteiger partial charge in [0.05, 0.1) is 10.5 Å². The molecule has 0 heterocycles. The third-order valence-electron chi connectivity index (χ3n) is 2.30. The van der Waals surface area contributed by atoms with E-state index in [1.807, 2.05) is 0 Å². The highest BCUT2D eigenvalue weighted by Crippen LogP contribution is 2.32. The highest BCUT2D eigenvalue weighted by atomic mass is 19.1. The van der Waals surface area contributed by atoms with E-state index in [-0.39, 0.29) is 16.8 Å². The van der Waals surface area contributed by atoms with E-state index >= 15 is 0 Å². The van der Waals surface area contributed by atoms with Gasteiger partial charge in [-0.3, -0.25) is 10.1 Å². The second kappa shape index (κ2) is 4.29. The molecule has 0 fully saturated rings. The Balaban J connectivity index is 2.70. The molecule has 0 atom stereocenters. The van der Waals surface area contributed by atoms with Crippen LogP contribution in [0.25, 0.3) is 11.1 Å². The number of nitro benzene ring substituents is 1. The molecule has 0 amide bonds. The lowest BCUT2D eigenvalue weighted by Crippen LogP contribution is -1.95. The molecule has 3 nitrogen and oxygen atoms in total. The normalized spacial score (nSPS) is 10.2. The van der Waals surface area contributed by atoms with Gasteiger partial charge in [-0.15, -0.1) is 0 Å². The van der Waals surface area contributed by atoms with Crippen LogP contribution >= 0.6 is 0 Å². The predicted octanol–water partition coefficient (Wildman–Crippen LogP) is 3.54. The Morgan fingerprint density at radius 1 is 1.06 bits per heavy atom. The fraction of sp³-hybridized carbons (Fsp3) is 0. The molecule has 2 aromatic carbocycles. The highest BCUT2D eigenvalue weighted by Gasteiger charge is 2.19. The van der Waals surface area contributed by atoms with Crippen LogP contribution in [-0.4, -0.2) is 4.92 Å². The molecule has 0 spiro atoms. The van der Waals surface area contributed by atoms with Crippen molar-refractivity contribution < 1.29 is 13.7 Å². The van der Waals surface area contributed by atoms with Crippen molar-refractivity contribution in [2.45, 2.75) is 0 Å². The Morgan fingerprint density at radius 2 is 1.76 bits per heavy atom. The predicted molar refractivity (Wildman–Crippen MR) is 58.4 cm³/mol. The Kier molecular flexibility index (Phi) is 2.82. The van der Waals surface area contributed by atoms with E-state index in [4.69, 9.17) is 0 Å². The van der Waals surface area contributed by atoms with Crippen LogP contribution in [0.1, 0.15) is 0 Å². The summed E-state index contributed by atoms with van der Waals surface area (Å²) in [6.45, 7) is 0. The van der Waals surface area contributed by atoms with E-state index in [1.54, 1.807) is 0 Å². The smallest absolute Gasteiger partial charge is 0.258 e. The number of hydrogen-bond donors (Lipinski definition) is 0. The van der Waals surface area contributed by atoms with Crippen molar-refractivity contribution in [3.05, 3.63) is 64.2 Å². The first-order valence-corrected chi connectivity index (χ1v) is 4.78. The number of benzene rings is 2. The maximum absolute atomic E-state index is 13.6. The van der Waals surface area contributed by atoms with Crippen molar-refractivity contribution in [3.8, 4) is 11.1 Å². The molecule has 2 aromatic rings. The van der Waals surface area contributed by atoms with Crippen LogP contribution in [0.4, 0.5) is 14.5 Å². The topological polar surface area (TPSA) is 43.1 Å². The summed E-state index contributed by atoms with van der Waals surface area (Å²) in [7, 11) is 0. The molecule has 17 heavy (non-hydrogen) atoms. The van der Waals surface area contributed by atoms with Crippen molar-refractivity contribution in [3.63, 3.8) is 0 Å². The lowest BCUT2D eigenvalue weighted by atomic mass is 10.0. The number of nitrogens with zero attached hydrogens (tertiary/aromatic N) is 1. The maximum Gasteiger partial charge on any atom is 0.280 e. The first kappa shape index (κ1) is 11.2. The molecule has 0 unspecified atom stereocenters. The molecule has 0 saturated heterocycles. The van der Waals surface area contributed by atoms with Gasteiger partial charge in [-0.25, -0.2) is 8.78 Å². The SMILES string of the molecule is O=[N+]([O-])c1cccc(F)c1-c1cccc(F)c1.